The van der Waals surface area contributed by atoms with Crippen molar-refractivity contribution in [1.29, 1.82) is 0 Å². The van der Waals surface area contributed by atoms with Gasteiger partial charge in [-0.1, -0.05) is 35.4 Å². The Morgan fingerprint density at radius 2 is 0.575 bits per heavy atom. The summed E-state index contributed by atoms with van der Waals surface area (Å²) in [5, 5.41) is 49.1. The Bertz CT molecular complexity index is 854. The molecule has 2 aromatic carbocycles. The summed E-state index contributed by atoms with van der Waals surface area (Å²) in [6.07, 6.45) is 0. The summed E-state index contributed by atoms with van der Waals surface area (Å²) in [6, 6.07) is 8.24. The molecule has 1 heterocycles. The predicted molar refractivity (Wildman–Crippen MR) is 164 cm³/mol. The third-order valence-electron chi connectivity index (χ3n) is 6.96. The molecule has 1 aliphatic rings. The van der Waals surface area contributed by atoms with E-state index in [1.165, 1.54) is 0 Å². The van der Waals surface area contributed by atoms with Crippen LogP contribution in [0.2, 0.25) is 0 Å². The molecule has 0 spiro atoms. The minimum Gasteiger partial charge on any atom is -0.507 e. The Morgan fingerprint density at radius 1 is 0.375 bits per heavy atom. The normalized spacial score (nSPS) is 19.1. The third-order valence-corrected chi connectivity index (χ3v) is 6.96. The van der Waals surface area contributed by atoms with Crippen molar-refractivity contribution in [2.45, 2.75) is 40.0 Å². The minimum absolute atomic E-state index is 0.388. The summed E-state index contributed by atoms with van der Waals surface area (Å²) < 4.78 is 0. The largest absolute Gasteiger partial charge is 0.507 e. The van der Waals surface area contributed by atoms with Gasteiger partial charge in [0.1, 0.15) is 11.5 Å². The van der Waals surface area contributed by atoms with Crippen molar-refractivity contribution in [2.75, 3.05) is 78.5 Å². The van der Waals surface area contributed by atoms with Gasteiger partial charge in [-0.2, -0.15) is 0 Å². The van der Waals surface area contributed by atoms with Crippen LogP contribution in [-0.2, 0) is 26.2 Å². The second-order valence-electron chi connectivity index (χ2n) is 10.6. The van der Waals surface area contributed by atoms with Crippen molar-refractivity contribution in [3.8, 4) is 11.5 Å². The monoisotopic (exact) mass is 556 g/mol. The lowest BCUT2D eigenvalue weighted by molar-refractivity contribution is 0.451. The van der Waals surface area contributed by atoms with Gasteiger partial charge >= 0.3 is 0 Å². The molecule has 2 aromatic rings. The first-order valence-corrected chi connectivity index (χ1v) is 14.8. The van der Waals surface area contributed by atoms with Crippen LogP contribution >= 0.6 is 0 Å². The van der Waals surface area contributed by atoms with Crippen molar-refractivity contribution in [2.24, 2.45) is 0 Å². The highest BCUT2D eigenvalue weighted by molar-refractivity contribution is 5.44. The first-order chi connectivity index (χ1) is 19.5. The summed E-state index contributed by atoms with van der Waals surface area (Å²) in [5.74, 6) is 0.777. The molecule has 224 valence electrons. The fourth-order valence-electron chi connectivity index (χ4n) is 4.86. The summed E-state index contributed by atoms with van der Waals surface area (Å²) in [5.41, 5.74) is 6.10. The molecule has 0 unspecified atom stereocenters. The number of phenolic OH excluding ortho intramolecular Hbond substituents is 2. The molecule has 40 heavy (non-hydrogen) atoms. The molecule has 4 bridgehead atoms. The van der Waals surface area contributed by atoms with Gasteiger partial charge in [0.15, 0.2) is 0 Å². The highest BCUT2D eigenvalue weighted by Gasteiger charge is 2.10. The van der Waals surface area contributed by atoms with Crippen LogP contribution in [0.1, 0.15) is 33.4 Å². The highest BCUT2D eigenvalue weighted by Crippen LogP contribution is 2.25. The summed E-state index contributed by atoms with van der Waals surface area (Å²) in [6.45, 7) is 17.1. The number of benzene rings is 2. The van der Waals surface area contributed by atoms with Gasteiger partial charge in [-0.3, -0.25) is 0 Å². The molecule has 0 aliphatic carbocycles. The topological polar surface area (TPSA) is 137 Å². The van der Waals surface area contributed by atoms with E-state index in [2.05, 4.69) is 80.6 Å². The first kappa shape index (κ1) is 32.2. The number of rotatable bonds is 0. The van der Waals surface area contributed by atoms with E-state index in [0.29, 0.717) is 37.7 Å². The van der Waals surface area contributed by atoms with Crippen LogP contribution in [0, 0.1) is 13.8 Å². The maximum atomic E-state index is 10.8. The van der Waals surface area contributed by atoms with Crippen LogP contribution in [0.15, 0.2) is 24.3 Å². The summed E-state index contributed by atoms with van der Waals surface area (Å²) >= 11 is 0. The maximum Gasteiger partial charge on any atom is 0.124 e. The van der Waals surface area contributed by atoms with E-state index in [0.717, 1.165) is 112 Å². The number of hydrogen-bond acceptors (Lipinski definition) is 10. The second-order valence-corrected chi connectivity index (χ2v) is 10.6. The van der Waals surface area contributed by atoms with Gasteiger partial charge < -0.3 is 52.7 Å². The average molecular weight is 557 g/mol. The Labute approximate surface area is 240 Å². The van der Waals surface area contributed by atoms with Gasteiger partial charge in [-0.05, 0) is 13.8 Å². The number of fused-ring (bicyclic) bond motifs is 4. The molecule has 0 saturated heterocycles. The number of hydrogen-bond donors (Lipinski definition) is 10. The summed E-state index contributed by atoms with van der Waals surface area (Å²) in [4.78, 5) is 0. The molecule has 10 heteroatoms. The fourth-order valence-corrected chi connectivity index (χ4v) is 4.86. The molecule has 3 rings (SSSR count). The summed E-state index contributed by atoms with van der Waals surface area (Å²) in [7, 11) is 0. The highest BCUT2D eigenvalue weighted by atomic mass is 16.3. The number of phenols is 2. The van der Waals surface area contributed by atoms with Crippen LogP contribution in [-0.4, -0.2) is 88.8 Å². The number of nitrogens with one attached hydrogen (secondary N) is 8. The first-order valence-electron chi connectivity index (χ1n) is 14.8. The molecule has 0 aromatic heterocycles. The maximum absolute atomic E-state index is 10.8. The molecular weight excluding hydrogens is 504 g/mol. The average Bonchev–Trinajstić information content (AvgIpc) is 2.93. The molecule has 0 atom stereocenters. The van der Waals surface area contributed by atoms with Crippen LogP contribution in [0.4, 0.5) is 0 Å². The minimum atomic E-state index is 0.388. The molecule has 10 nitrogen and oxygen atoms in total. The van der Waals surface area contributed by atoms with Crippen LogP contribution < -0.4 is 42.5 Å². The van der Waals surface area contributed by atoms with E-state index in [-0.39, 0.29) is 0 Å². The van der Waals surface area contributed by atoms with Crippen molar-refractivity contribution in [3.63, 3.8) is 0 Å². The van der Waals surface area contributed by atoms with Crippen LogP contribution in [0.3, 0.4) is 0 Å². The van der Waals surface area contributed by atoms with Crippen molar-refractivity contribution in [1.82, 2.24) is 42.5 Å². The lowest BCUT2D eigenvalue weighted by atomic mass is 10.0. The van der Waals surface area contributed by atoms with E-state index < -0.39 is 0 Å². The van der Waals surface area contributed by atoms with E-state index in [4.69, 9.17) is 0 Å². The van der Waals surface area contributed by atoms with Gasteiger partial charge in [0.25, 0.3) is 0 Å². The molecule has 0 fully saturated rings. The standard InChI is InChI=1S/C30H52N8O2/c1-23-15-25-19-35-11-7-31-3-5-33-9-13-37-21-27-17-24(2)18-28(30(27)40)22-38-14-10-34-6-4-32-8-12-36-20-26(16-23)29(25)39/h15-18,31-40H,3-14,19-22H2,1-2H3. The predicted octanol–water partition coefficient (Wildman–Crippen LogP) is 0.145. The Morgan fingerprint density at radius 3 is 0.800 bits per heavy atom. The molecule has 0 radical (unpaired) electrons. The van der Waals surface area contributed by atoms with E-state index in [1.54, 1.807) is 0 Å². The lowest BCUT2D eigenvalue weighted by Gasteiger charge is -2.14. The van der Waals surface area contributed by atoms with Gasteiger partial charge in [-0.25, -0.2) is 0 Å². The molecule has 0 amide bonds. The number of aromatic hydroxyl groups is 2. The zero-order valence-corrected chi connectivity index (χ0v) is 24.5. The number of aryl methyl sites for hydroxylation is 2. The van der Waals surface area contributed by atoms with Gasteiger partial charge in [-0.15, -0.1) is 0 Å². The Hall–Kier alpha value is -2.28. The molecule has 10 N–H and O–H groups in total. The SMILES string of the molecule is Cc1cc2c(O)c(c1)CNCCNCCNCCNCc1cc(C)cc(c1O)CNCCNCCNCCNC2. The van der Waals surface area contributed by atoms with E-state index in [1.807, 2.05) is 0 Å². The van der Waals surface area contributed by atoms with Gasteiger partial charge in [0, 0.05) is 127 Å². The smallest absolute Gasteiger partial charge is 0.124 e. The molecule has 0 saturated carbocycles. The molecular formula is C30H52N8O2. The van der Waals surface area contributed by atoms with Crippen molar-refractivity contribution < 1.29 is 10.2 Å². The Balaban J connectivity index is 1.46. The quantitative estimate of drug-likeness (QED) is 0.218. The van der Waals surface area contributed by atoms with Crippen molar-refractivity contribution in [3.05, 3.63) is 57.6 Å². The van der Waals surface area contributed by atoms with Crippen molar-refractivity contribution >= 4 is 0 Å². The van der Waals surface area contributed by atoms with Crippen LogP contribution in [0.25, 0.3) is 0 Å². The van der Waals surface area contributed by atoms with Gasteiger partial charge in [0.2, 0.25) is 0 Å². The molecule has 1 aliphatic heterocycles. The van der Waals surface area contributed by atoms with E-state index >= 15 is 0 Å². The zero-order chi connectivity index (χ0) is 28.4. The second kappa shape index (κ2) is 19.0. The lowest BCUT2D eigenvalue weighted by Crippen LogP contribution is -2.35. The Kier molecular flexibility index (Phi) is 15.3. The zero-order valence-electron chi connectivity index (χ0n) is 24.5. The third kappa shape index (κ3) is 12.1. The van der Waals surface area contributed by atoms with Crippen LogP contribution in [0.5, 0.6) is 11.5 Å². The van der Waals surface area contributed by atoms with E-state index in [9.17, 15) is 10.2 Å². The van der Waals surface area contributed by atoms with Gasteiger partial charge in [0.05, 0.1) is 0 Å². The fraction of sp³-hybridized carbons (Fsp3) is 0.600.